The summed E-state index contributed by atoms with van der Waals surface area (Å²) in [6.45, 7) is 0.221. The van der Waals surface area contributed by atoms with Crippen LogP contribution >= 0.6 is 0 Å². The summed E-state index contributed by atoms with van der Waals surface area (Å²) in [5.74, 6) is 3.02. The van der Waals surface area contributed by atoms with Gasteiger partial charge in [0.1, 0.15) is 11.4 Å². The number of nitrogens with one attached hydrogen (secondary N) is 1. The van der Waals surface area contributed by atoms with E-state index in [1.807, 2.05) is 42.5 Å². The molecule has 3 heterocycles. The van der Waals surface area contributed by atoms with Gasteiger partial charge < -0.3 is 31.0 Å². The highest BCUT2D eigenvalue weighted by Crippen LogP contribution is 2.40. The van der Waals surface area contributed by atoms with E-state index in [9.17, 15) is 0 Å². The average molecular weight is 404 g/mol. The lowest BCUT2D eigenvalue weighted by molar-refractivity contribution is 0.174. The third-order valence-electron chi connectivity index (χ3n) is 5.11. The van der Waals surface area contributed by atoms with Gasteiger partial charge in [-0.3, -0.25) is 0 Å². The molecule has 2 aliphatic heterocycles. The normalized spacial score (nSPS) is 16.8. The summed E-state index contributed by atoms with van der Waals surface area (Å²) in [7, 11) is 1.64. The van der Waals surface area contributed by atoms with Gasteiger partial charge >= 0.3 is 0 Å². The molecule has 5 rings (SSSR count). The largest absolute Gasteiger partial charge is 0.497 e. The summed E-state index contributed by atoms with van der Waals surface area (Å²) in [5, 5.41) is 3.42. The highest BCUT2D eigenvalue weighted by Gasteiger charge is 2.26. The zero-order valence-electron chi connectivity index (χ0n) is 16.3. The summed E-state index contributed by atoms with van der Waals surface area (Å²) in [5.41, 5.74) is 15.2. The van der Waals surface area contributed by atoms with Gasteiger partial charge in [-0.2, -0.15) is 9.97 Å². The molecule has 2 aliphatic rings. The number of benzene rings is 2. The maximum Gasteiger partial charge on any atom is 0.231 e. The van der Waals surface area contributed by atoms with E-state index in [4.69, 9.17) is 30.7 Å². The van der Waals surface area contributed by atoms with Crippen molar-refractivity contribution in [1.82, 2.24) is 9.97 Å². The van der Waals surface area contributed by atoms with E-state index in [0.717, 1.165) is 28.3 Å². The number of aliphatic imine (C=N–C) groups is 1. The number of nitrogen functional groups attached to an aromatic ring is 2. The fourth-order valence-electron chi connectivity index (χ4n) is 3.59. The smallest absolute Gasteiger partial charge is 0.231 e. The van der Waals surface area contributed by atoms with E-state index in [1.54, 1.807) is 7.11 Å². The molecule has 0 spiro atoms. The van der Waals surface area contributed by atoms with Gasteiger partial charge in [0.15, 0.2) is 23.1 Å². The average Bonchev–Trinajstić information content (AvgIpc) is 3.13. The van der Waals surface area contributed by atoms with Crippen LogP contribution < -0.4 is 31.0 Å². The van der Waals surface area contributed by atoms with Crippen LogP contribution in [0.1, 0.15) is 23.6 Å². The van der Waals surface area contributed by atoms with Gasteiger partial charge in [0.2, 0.25) is 12.7 Å². The highest BCUT2D eigenvalue weighted by atomic mass is 16.7. The second-order valence-electron chi connectivity index (χ2n) is 6.97. The zero-order valence-corrected chi connectivity index (χ0v) is 16.3. The standard InChI is InChI=1S/C21H20N6O3/c1-28-13-5-2-11(3-6-13)14-9-15(12-4-7-16-17(8-12)30-10-29-16)25-20-18(24-14)19(22)26-21(23)27-20/h2-8,15H,9-10H2,1H3,(H5,22,23,25,26,27). The zero-order chi connectivity index (χ0) is 20.7. The van der Waals surface area contributed by atoms with Crippen LogP contribution in [0.15, 0.2) is 47.5 Å². The number of methoxy groups -OCH3 is 1. The molecule has 3 aromatic rings. The maximum atomic E-state index is 6.12. The Balaban J connectivity index is 1.60. The number of nitrogens with zero attached hydrogens (tertiary/aromatic N) is 3. The lowest BCUT2D eigenvalue weighted by Crippen LogP contribution is -2.15. The van der Waals surface area contributed by atoms with Gasteiger partial charge in [-0.15, -0.1) is 0 Å². The molecule has 0 saturated heterocycles. The van der Waals surface area contributed by atoms with Crippen LogP contribution in [-0.2, 0) is 0 Å². The molecule has 9 nitrogen and oxygen atoms in total. The van der Waals surface area contributed by atoms with Crippen molar-refractivity contribution in [2.45, 2.75) is 12.5 Å². The first-order chi connectivity index (χ1) is 14.6. The van der Waals surface area contributed by atoms with E-state index in [0.29, 0.717) is 23.7 Å². The van der Waals surface area contributed by atoms with Gasteiger partial charge in [0.25, 0.3) is 0 Å². The number of hydrogen-bond acceptors (Lipinski definition) is 9. The minimum atomic E-state index is -0.143. The van der Waals surface area contributed by atoms with Crippen LogP contribution in [-0.4, -0.2) is 29.6 Å². The number of rotatable bonds is 3. The topological polar surface area (TPSA) is 130 Å². The predicted octanol–water partition coefficient (Wildman–Crippen LogP) is 3.06. The molecule has 5 N–H and O–H groups in total. The first kappa shape index (κ1) is 18.0. The van der Waals surface area contributed by atoms with Gasteiger partial charge in [0, 0.05) is 6.42 Å². The molecule has 1 atom stereocenters. The molecule has 9 heteroatoms. The summed E-state index contributed by atoms with van der Waals surface area (Å²) >= 11 is 0. The van der Waals surface area contributed by atoms with Crippen molar-refractivity contribution < 1.29 is 14.2 Å². The Morgan fingerprint density at radius 1 is 1.03 bits per heavy atom. The summed E-state index contributed by atoms with van der Waals surface area (Å²) in [6.07, 6.45) is 0.585. The summed E-state index contributed by atoms with van der Waals surface area (Å²) < 4.78 is 16.3. The van der Waals surface area contributed by atoms with Gasteiger partial charge in [0.05, 0.1) is 18.9 Å². The number of fused-ring (bicyclic) bond motifs is 2. The lowest BCUT2D eigenvalue weighted by atomic mass is 9.97. The van der Waals surface area contributed by atoms with Gasteiger partial charge in [-0.1, -0.05) is 6.07 Å². The van der Waals surface area contributed by atoms with Crippen LogP contribution in [0.3, 0.4) is 0 Å². The van der Waals surface area contributed by atoms with Gasteiger partial charge in [-0.05, 0) is 47.5 Å². The molecule has 30 heavy (non-hydrogen) atoms. The van der Waals surface area contributed by atoms with Gasteiger partial charge in [-0.25, -0.2) is 4.99 Å². The third kappa shape index (κ3) is 3.20. The molecule has 0 bridgehead atoms. The first-order valence-electron chi connectivity index (χ1n) is 9.42. The molecule has 0 amide bonds. The van der Waals surface area contributed by atoms with Crippen molar-refractivity contribution in [3.8, 4) is 17.2 Å². The second kappa shape index (κ2) is 7.11. The fraction of sp³-hybridized carbons (Fsp3) is 0.190. The van der Waals surface area contributed by atoms with Crippen LogP contribution in [0, 0.1) is 0 Å². The van der Waals surface area contributed by atoms with Crippen molar-refractivity contribution in [2.24, 2.45) is 4.99 Å². The molecular weight excluding hydrogens is 384 g/mol. The highest BCUT2D eigenvalue weighted by molar-refractivity contribution is 6.04. The minimum Gasteiger partial charge on any atom is -0.497 e. The molecule has 2 aromatic carbocycles. The molecule has 1 aromatic heterocycles. The maximum absolute atomic E-state index is 6.12. The molecule has 152 valence electrons. The summed E-state index contributed by atoms with van der Waals surface area (Å²) in [4.78, 5) is 13.2. The Hall–Kier alpha value is -4.01. The predicted molar refractivity (Wildman–Crippen MR) is 114 cm³/mol. The fourth-order valence-corrected chi connectivity index (χ4v) is 3.59. The number of aromatic nitrogens is 2. The molecule has 0 saturated carbocycles. The van der Waals surface area contributed by atoms with E-state index in [2.05, 4.69) is 15.3 Å². The Labute approximate surface area is 172 Å². The SMILES string of the molecule is COc1ccc(C2=Nc3c(N)nc(N)nc3NC(c3ccc4c(c3)OCO4)C2)cc1. The van der Waals surface area contributed by atoms with E-state index < -0.39 is 0 Å². The van der Waals surface area contributed by atoms with Crippen molar-refractivity contribution >= 4 is 29.0 Å². The molecular formula is C21H20N6O3. The lowest BCUT2D eigenvalue weighted by Gasteiger charge is -2.19. The molecule has 0 fully saturated rings. The van der Waals surface area contributed by atoms with Crippen LogP contribution in [0.25, 0.3) is 0 Å². The summed E-state index contributed by atoms with van der Waals surface area (Å²) in [6, 6.07) is 13.4. The van der Waals surface area contributed by atoms with Crippen LogP contribution in [0.4, 0.5) is 23.3 Å². The monoisotopic (exact) mass is 404 g/mol. The molecule has 1 unspecified atom stereocenters. The van der Waals surface area contributed by atoms with Crippen LogP contribution in [0.5, 0.6) is 17.2 Å². The first-order valence-corrected chi connectivity index (χ1v) is 9.42. The van der Waals surface area contributed by atoms with Crippen molar-refractivity contribution in [2.75, 3.05) is 30.7 Å². The van der Waals surface area contributed by atoms with E-state index in [-0.39, 0.29) is 24.6 Å². The Bertz CT molecular complexity index is 1150. The number of anilines is 3. The quantitative estimate of drug-likeness (QED) is 0.607. The second-order valence-corrected chi connectivity index (χ2v) is 6.97. The van der Waals surface area contributed by atoms with Crippen molar-refractivity contribution in [1.29, 1.82) is 0 Å². The Morgan fingerprint density at radius 2 is 1.83 bits per heavy atom. The van der Waals surface area contributed by atoms with Crippen LogP contribution in [0.2, 0.25) is 0 Å². The van der Waals surface area contributed by atoms with E-state index in [1.165, 1.54) is 0 Å². The Morgan fingerprint density at radius 3 is 2.63 bits per heavy atom. The van der Waals surface area contributed by atoms with E-state index >= 15 is 0 Å². The molecule has 0 radical (unpaired) electrons. The van der Waals surface area contributed by atoms with Crippen molar-refractivity contribution in [3.63, 3.8) is 0 Å². The number of ether oxygens (including phenoxy) is 3. The van der Waals surface area contributed by atoms with Crippen molar-refractivity contribution in [3.05, 3.63) is 53.6 Å². The minimum absolute atomic E-state index is 0.0892. The molecule has 0 aliphatic carbocycles. The Kier molecular flexibility index (Phi) is 4.27. The number of nitrogens with two attached hydrogens (primary N) is 2. The number of hydrogen-bond donors (Lipinski definition) is 3. The third-order valence-corrected chi connectivity index (χ3v) is 5.11.